The summed E-state index contributed by atoms with van der Waals surface area (Å²) in [6.07, 6.45) is 5.83. The number of benzene rings is 1. The van der Waals surface area contributed by atoms with Gasteiger partial charge in [0.1, 0.15) is 12.7 Å². The molecule has 2 aromatic rings. The van der Waals surface area contributed by atoms with Crippen LogP contribution in [0, 0.1) is 11.8 Å². The van der Waals surface area contributed by atoms with Gasteiger partial charge in [0.2, 0.25) is 0 Å². The molecule has 1 aliphatic carbocycles. The van der Waals surface area contributed by atoms with Gasteiger partial charge in [0.15, 0.2) is 0 Å². The first kappa shape index (κ1) is 12.2. The first-order valence-corrected chi connectivity index (χ1v) is 6.94. The van der Waals surface area contributed by atoms with Crippen molar-refractivity contribution in [1.82, 2.24) is 14.8 Å². The van der Waals surface area contributed by atoms with E-state index < -0.39 is 0 Å². The number of aromatic nitrogens is 3. The summed E-state index contributed by atoms with van der Waals surface area (Å²) in [5.41, 5.74) is 2.20. The quantitative estimate of drug-likeness (QED) is 0.914. The van der Waals surface area contributed by atoms with Gasteiger partial charge in [-0.1, -0.05) is 26.0 Å². The average molecular weight is 256 g/mol. The molecular formula is C15H20N4. The van der Waals surface area contributed by atoms with E-state index in [-0.39, 0.29) is 0 Å². The van der Waals surface area contributed by atoms with Crippen LogP contribution in [0.15, 0.2) is 36.9 Å². The highest BCUT2D eigenvalue weighted by molar-refractivity contribution is 5.61. The predicted octanol–water partition coefficient (Wildman–Crippen LogP) is 3.11. The van der Waals surface area contributed by atoms with E-state index in [9.17, 15) is 0 Å². The van der Waals surface area contributed by atoms with E-state index in [2.05, 4.69) is 47.4 Å². The molecule has 4 nitrogen and oxygen atoms in total. The number of hydrogen-bond donors (Lipinski definition) is 1. The molecule has 0 atom stereocenters. The highest BCUT2D eigenvalue weighted by Crippen LogP contribution is 2.36. The Bertz CT molecular complexity index is 527. The zero-order valence-electron chi connectivity index (χ0n) is 11.5. The summed E-state index contributed by atoms with van der Waals surface area (Å²) >= 11 is 0. The summed E-state index contributed by atoms with van der Waals surface area (Å²) in [5.74, 6) is 1.67. The zero-order chi connectivity index (χ0) is 13.2. The smallest absolute Gasteiger partial charge is 0.138 e. The molecule has 0 bridgehead atoms. The largest absolute Gasteiger partial charge is 0.381 e. The molecule has 0 aliphatic heterocycles. The third-order valence-corrected chi connectivity index (χ3v) is 4.05. The minimum Gasteiger partial charge on any atom is -0.381 e. The van der Waals surface area contributed by atoms with Crippen LogP contribution in [0.4, 0.5) is 5.69 Å². The molecule has 1 aromatic heterocycles. The van der Waals surface area contributed by atoms with Crippen LogP contribution in [0.5, 0.6) is 0 Å². The molecule has 0 unspecified atom stereocenters. The molecule has 1 heterocycles. The lowest BCUT2D eigenvalue weighted by atomic mass is 9.73. The molecule has 0 radical (unpaired) electrons. The van der Waals surface area contributed by atoms with Crippen LogP contribution in [0.3, 0.4) is 0 Å². The van der Waals surface area contributed by atoms with Crippen molar-refractivity contribution in [1.29, 1.82) is 0 Å². The molecule has 19 heavy (non-hydrogen) atoms. The van der Waals surface area contributed by atoms with Crippen LogP contribution in [0.25, 0.3) is 5.69 Å². The van der Waals surface area contributed by atoms with Gasteiger partial charge in [-0.25, -0.2) is 9.67 Å². The third-order valence-electron chi connectivity index (χ3n) is 4.05. The lowest BCUT2D eigenvalue weighted by molar-refractivity contribution is 0.212. The van der Waals surface area contributed by atoms with Gasteiger partial charge in [-0.3, -0.25) is 0 Å². The normalized spacial score (nSPS) is 22.3. The third kappa shape index (κ3) is 2.48. The molecule has 1 aromatic carbocycles. The van der Waals surface area contributed by atoms with Crippen molar-refractivity contribution in [2.45, 2.75) is 32.7 Å². The van der Waals surface area contributed by atoms with E-state index in [0.29, 0.717) is 6.04 Å². The van der Waals surface area contributed by atoms with Gasteiger partial charge in [-0.15, -0.1) is 0 Å². The van der Waals surface area contributed by atoms with E-state index in [1.54, 1.807) is 17.3 Å². The number of nitrogens with zero attached hydrogens (tertiary/aromatic N) is 3. The van der Waals surface area contributed by atoms with E-state index in [1.165, 1.54) is 12.8 Å². The van der Waals surface area contributed by atoms with Crippen molar-refractivity contribution < 1.29 is 0 Å². The highest BCUT2D eigenvalue weighted by Gasteiger charge is 2.31. The van der Waals surface area contributed by atoms with Crippen molar-refractivity contribution >= 4 is 5.69 Å². The van der Waals surface area contributed by atoms with E-state index in [4.69, 9.17) is 0 Å². The van der Waals surface area contributed by atoms with Crippen LogP contribution < -0.4 is 5.32 Å². The SMILES string of the molecule is CC(C)C1CC(Nc2ccccc2-n2cncn2)C1. The Kier molecular flexibility index (Phi) is 3.23. The first-order valence-electron chi connectivity index (χ1n) is 6.94. The maximum Gasteiger partial charge on any atom is 0.138 e. The number of nitrogens with one attached hydrogen (secondary N) is 1. The van der Waals surface area contributed by atoms with Gasteiger partial charge in [0.05, 0.1) is 11.4 Å². The van der Waals surface area contributed by atoms with Gasteiger partial charge in [-0.2, -0.15) is 5.10 Å². The van der Waals surface area contributed by atoms with Crippen LogP contribution >= 0.6 is 0 Å². The molecule has 3 rings (SSSR count). The molecule has 1 N–H and O–H groups in total. The molecule has 1 aliphatic rings. The topological polar surface area (TPSA) is 42.7 Å². The van der Waals surface area contributed by atoms with Crippen LogP contribution in [-0.2, 0) is 0 Å². The van der Waals surface area contributed by atoms with Gasteiger partial charge < -0.3 is 5.32 Å². The zero-order valence-corrected chi connectivity index (χ0v) is 11.5. The summed E-state index contributed by atoms with van der Waals surface area (Å²) < 4.78 is 1.81. The van der Waals surface area contributed by atoms with Crippen molar-refractivity contribution in [3.05, 3.63) is 36.9 Å². The monoisotopic (exact) mass is 256 g/mol. The van der Waals surface area contributed by atoms with Crippen molar-refractivity contribution in [2.75, 3.05) is 5.32 Å². The average Bonchev–Trinajstić information content (AvgIpc) is 2.87. The molecule has 1 fully saturated rings. The Morgan fingerprint density at radius 3 is 2.74 bits per heavy atom. The molecule has 0 spiro atoms. The second kappa shape index (κ2) is 5.03. The summed E-state index contributed by atoms with van der Waals surface area (Å²) in [5, 5.41) is 7.84. The maximum atomic E-state index is 4.21. The lowest BCUT2D eigenvalue weighted by Gasteiger charge is -2.39. The van der Waals surface area contributed by atoms with Gasteiger partial charge in [0.25, 0.3) is 0 Å². The van der Waals surface area contributed by atoms with Crippen LogP contribution in [0.1, 0.15) is 26.7 Å². The lowest BCUT2D eigenvalue weighted by Crippen LogP contribution is -2.38. The Balaban J connectivity index is 1.72. The molecule has 0 amide bonds. The van der Waals surface area contributed by atoms with E-state index >= 15 is 0 Å². The minimum absolute atomic E-state index is 0.595. The molecule has 4 heteroatoms. The summed E-state index contributed by atoms with van der Waals surface area (Å²) in [6.45, 7) is 4.62. The molecular weight excluding hydrogens is 236 g/mol. The van der Waals surface area contributed by atoms with Crippen LogP contribution in [-0.4, -0.2) is 20.8 Å². The Morgan fingerprint density at radius 2 is 2.05 bits per heavy atom. The number of para-hydroxylation sites is 2. The van der Waals surface area contributed by atoms with Crippen LogP contribution in [0.2, 0.25) is 0 Å². The fourth-order valence-electron chi connectivity index (χ4n) is 2.67. The Morgan fingerprint density at radius 1 is 1.26 bits per heavy atom. The number of hydrogen-bond acceptors (Lipinski definition) is 3. The van der Waals surface area contributed by atoms with Crippen molar-refractivity contribution in [3.8, 4) is 5.69 Å². The molecule has 1 saturated carbocycles. The van der Waals surface area contributed by atoms with Crippen molar-refractivity contribution in [3.63, 3.8) is 0 Å². The maximum absolute atomic E-state index is 4.21. The standard InChI is InChI=1S/C15H20N4/c1-11(2)12-7-13(8-12)18-14-5-3-4-6-15(14)19-10-16-9-17-19/h3-6,9-13,18H,7-8H2,1-2H3. The Labute approximate surface area is 113 Å². The van der Waals surface area contributed by atoms with Crippen molar-refractivity contribution in [2.24, 2.45) is 11.8 Å². The second-order valence-corrected chi connectivity index (χ2v) is 5.67. The highest BCUT2D eigenvalue weighted by atomic mass is 15.3. The summed E-state index contributed by atoms with van der Waals surface area (Å²) in [7, 11) is 0. The van der Waals surface area contributed by atoms with Gasteiger partial charge >= 0.3 is 0 Å². The fraction of sp³-hybridized carbons (Fsp3) is 0.467. The minimum atomic E-state index is 0.595. The fourth-order valence-corrected chi connectivity index (χ4v) is 2.67. The van der Waals surface area contributed by atoms with Gasteiger partial charge in [-0.05, 0) is 36.8 Å². The number of rotatable bonds is 4. The molecule has 0 saturated heterocycles. The predicted molar refractivity (Wildman–Crippen MR) is 76.3 cm³/mol. The first-order chi connectivity index (χ1) is 9.24. The molecule has 100 valence electrons. The second-order valence-electron chi connectivity index (χ2n) is 5.67. The van der Waals surface area contributed by atoms with E-state index in [0.717, 1.165) is 23.2 Å². The van der Waals surface area contributed by atoms with E-state index in [1.807, 2.05) is 6.07 Å². The Hall–Kier alpha value is -1.84. The van der Waals surface area contributed by atoms with Gasteiger partial charge in [0, 0.05) is 6.04 Å². The summed E-state index contributed by atoms with van der Waals surface area (Å²) in [4.78, 5) is 4.01. The number of anilines is 1. The summed E-state index contributed by atoms with van der Waals surface area (Å²) in [6, 6.07) is 8.85.